The fourth-order valence-electron chi connectivity index (χ4n) is 3.87. The SMILES string of the molecule is O=[N+]([O-])c1ccc([C@H]2[C@@H]3C[C@H]4[C@H](OO[C@@H]42)[C@@H]3I)cc1. The van der Waals surface area contributed by atoms with E-state index in [9.17, 15) is 10.1 Å². The van der Waals surface area contributed by atoms with Crippen molar-refractivity contribution in [3.63, 3.8) is 0 Å². The zero-order valence-corrected chi connectivity index (χ0v) is 12.1. The van der Waals surface area contributed by atoms with Gasteiger partial charge in [0.2, 0.25) is 0 Å². The second kappa shape index (κ2) is 4.13. The van der Waals surface area contributed by atoms with Gasteiger partial charge in [-0.15, -0.1) is 0 Å². The highest BCUT2D eigenvalue weighted by Gasteiger charge is 2.63. The van der Waals surface area contributed by atoms with Crippen molar-refractivity contribution in [1.29, 1.82) is 0 Å². The van der Waals surface area contributed by atoms with Crippen LogP contribution >= 0.6 is 22.6 Å². The van der Waals surface area contributed by atoms with Crippen molar-refractivity contribution in [2.24, 2.45) is 11.8 Å². The van der Waals surface area contributed by atoms with Gasteiger partial charge in [0.25, 0.3) is 5.69 Å². The number of nitro benzene ring substituents is 1. The minimum Gasteiger partial charge on any atom is -0.258 e. The quantitative estimate of drug-likeness (QED) is 0.263. The molecule has 1 aliphatic heterocycles. The first kappa shape index (κ1) is 12.0. The van der Waals surface area contributed by atoms with Crippen LogP contribution in [0.15, 0.2) is 24.3 Å². The Morgan fingerprint density at radius 3 is 2.53 bits per heavy atom. The van der Waals surface area contributed by atoms with Gasteiger partial charge < -0.3 is 0 Å². The molecule has 100 valence electrons. The van der Waals surface area contributed by atoms with E-state index in [4.69, 9.17) is 9.78 Å². The minimum absolute atomic E-state index is 0.127. The average molecular weight is 373 g/mol. The number of nitrogens with zero attached hydrogens (tertiary/aromatic N) is 1. The molecule has 1 aromatic rings. The number of rotatable bonds is 2. The number of hydrogen-bond acceptors (Lipinski definition) is 4. The summed E-state index contributed by atoms with van der Waals surface area (Å²) < 4.78 is 0.474. The molecule has 0 N–H and O–H groups in total. The maximum absolute atomic E-state index is 10.7. The zero-order chi connectivity index (χ0) is 13.1. The van der Waals surface area contributed by atoms with Crippen LogP contribution in [0.5, 0.6) is 0 Å². The van der Waals surface area contributed by atoms with Crippen LogP contribution in [0.4, 0.5) is 5.69 Å². The summed E-state index contributed by atoms with van der Waals surface area (Å²) in [7, 11) is 0. The largest absolute Gasteiger partial charge is 0.269 e. The number of non-ortho nitro benzene ring substituents is 1. The Balaban J connectivity index is 1.68. The molecule has 0 unspecified atom stereocenters. The molecule has 2 aliphatic carbocycles. The Morgan fingerprint density at radius 1 is 1.16 bits per heavy atom. The van der Waals surface area contributed by atoms with Crippen LogP contribution in [0.2, 0.25) is 0 Å². The van der Waals surface area contributed by atoms with E-state index in [-0.39, 0.29) is 22.8 Å². The van der Waals surface area contributed by atoms with Crippen molar-refractivity contribution < 1.29 is 14.7 Å². The predicted octanol–water partition coefficient (Wildman–Crippen LogP) is 2.83. The number of halogens is 1. The van der Waals surface area contributed by atoms with Crippen LogP contribution in [0, 0.1) is 22.0 Å². The van der Waals surface area contributed by atoms with Gasteiger partial charge in [0.1, 0.15) is 12.2 Å². The number of benzene rings is 1. The Hall–Kier alpha value is -0.730. The number of hydrogen-bond donors (Lipinski definition) is 0. The summed E-state index contributed by atoms with van der Waals surface area (Å²) in [5.41, 5.74) is 1.27. The topological polar surface area (TPSA) is 61.6 Å². The molecule has 6 heteroatoms. The van der Waals surface area contributed by atoms with Gasteiger partial charge in [0.05, 0.1) is 4.92 Å². The van der Waals surface area contributed by atoms with Gasteiger partial charge in [-0.05, 0) is 17.9 Å². The van der Waals surface area contributed by atoms with E-state index in [1.54, 1.807) is 12.1 Å². The van der Waals surface area contributed by atoms with Gasteiger partial charge in [-0.25, -0.2) is 9.78 Å². The minimum atomic E-state index is -0.364. The van der Waals surface area contributed by atoms with Crippen molar-refractivity contribution in [2.75, 3.05) is 0 Å². The van der Waals surface area contributed by atoms with Gasteiger partial charge >= 0.3 is 0 Å². The summed E-state index contributed by atoms with van der Waals surface area (Å²) in [5.74, 6) is 1.36. The normalized spacial score (nSPS) is 42.8. The van der Waals surface area contributed by atoms with E-state index >= 15 is 0 Å². The number of nitro groups is 1. The third-order valence-electron chi connectivity index (χ3n) is 4.69. The summed E-state index contributed by atoms with van der Waals surface area (Å²) >= 11 is 2.46. The van der Waals surface area contributed by atoms with Crippen LogP contribution in [0.1, 0.15) is 17.9 Å². The molecule has 3 fully saturated rings. The van der Waals surface area contributed by atoms with E-state index in [2.05, 4.69) is 22.6 Å². The fraction of sp³-hybridized carbons (Fsp3) is 0.538. The molecule has 0 spiro atoms. The van der Waals surface area contributed by atoms with Crippen LogP contribution in [0.25, 0.3) is 0 Å². The van der Waals surface area contributed by atoms with Gasteiger partial charge in [-0.2, -0.15) is 0 Å². The highest BCUT2D eigenvalue weighted by atomic mass is 127. The molecule has 6 atom stereocenters. The Bertz CT molecular complexity index is 534. The van der Waals surface area contributed by atoms with E-state index in [0.717, 1.165) is 12.0 Å². The second-order valence-electron chi connectivity index (χ2n) is 5.50. The summed E-state index contributed by atoms with van der Waals surface area (Å²) in [5, 5.41) is 10.7. The summed E-state index contributed by atoms with van der Waals surface area (Å²) in [4.78, 5) is 21.3. The number of fused-ring (bicyclic) bond motifs is 1. The lowest BCUT2D eigenvalue weighted by Gasteiger charge is -2.28. The van der Waals surface area contributed by atoms with Crippen molar-refractivity contribution in [2.45, 2.75) is 28.5 Å². The average Bonchev–Trinajstić information content (AvgIpc) is 3.01. The molecule has 1 aromatic carbocycles. The maximum atomic E-state index is 10.7. The summed E-state index contributed by atoms with van der Waals surface area (Å²) in [6, 6.07) is 6.89. The first-order valence-corrected chi connectivity index (χ1v) is 7.62. The highest BCUT2D eigenvalue weighted by molar-refractivity contribution is 14.1. The van der Waals surface area contributed by atoms with Gasteiger partial charge in [-0.3, -0.25) is 10.1 Å². The summed E-state index contributed by atoms with van der Waals surface area (Å²) in [6.45, 7) is 0. The third-order valence-corrected chi connectivity index (χ3v) is 6.33. The van der Waals surface area contributed by atoms with Crippen LogP contribution in [-0.2, 0) is 9.78 Å². The van der Waals surface area contributed by atoms with Crippen molar-refractivity contribution in [1.82, 2.24) is 0 Å². The van der Waals surface area contributed by atoms with E-state index in [0.29, 0.717) is 21.7 Å². The van der Waals surface area contributed by atoms with Crippen molar-refractivity contribution in [3.8, 4) is 0 Å². The maximum Gasteiger partial charge on any atom is 0.269 e. The fourth-order valence-corrected chi connectivity index (χ4v) is 5.27. The first-order chi connectivity index (χ1) is 9.16. The highest BCUT2D eigenvalue weighted by Crippen LogP contribution is 2.60. The zero-order valence-electron chi connectivity index (χ0n) is 9.94. The smallest absolute Gasteiger partial charge is 0.258 e. The lowest BCUT2D eigenvalue weighted by molar-refractivity contribution is -0.384. The Morgan fingerprint density at radius 2 is 1.84 bits per heavy atom. The van der Waals surface area contributed by atoms with Crippen LogP contribution in [-0.4, -0.2) is 21.1 Å². The molecule has 4 rings (SSSR count). The molecule has 0 amide bonds. The van der Waals surface area contributed by atoms with Gasteiger partial charge in [0, 0.05) is 27.9 Å². The Labute approximate surface area is 123 Å². The van der Waals surface area contributed by atoms with E-state index in [1.165, 1.54) is 0 Å². The number of alkyl halides is 1. The molecule has 2 saturated carbocycles. The van der Waals surface area contributed by atoms with Crippen LogP contribution < -0.4 is 0 Å². The van der Waals surface area contributed by atoms with Gasteiger partial charge in [0.15, 0.2) is 0 Å². The van der Waals surface area contributed by atoms with E-state index in [1.807, 2.05) is 12.1 Å². The second-order valence-corrected chi connectivity index (χ2v) is 6.94. The lowest BCUT2D eigenvalue weighted by atomic mass is 9.80. The standard InChI is InChI=1S/C13H12INO4/c14-11-8-5-9-12(18-19-13(9)11)10(8)6-1-3-7(4-2-6)15(16)17/h1-4,8-13H,5H2/t8-,9+,10-,11+,12-,13-/m0/s1. The molecule has 19 heavy (non-hydrogen) atoms. The molecule has 1 heterocycles. The van der Waals surface area contributed by atoms with Crippen molar-refractivity contribution >= 4 is 28.3 Å². The first-order valence-electron chi connectivity index (χ1n) is 6.37. The molecule has 3 aliphatic rings. The third kappa shape index (κ3) is 1.59. The lowest BCUT2D eigenvalue weighted by Crippen LogP contribution is -2.34. The van der Waals surface area contributed by atoms with Gasteiger partial charge in [-0.1, -0.05) is 34.7 Å². The molecule has 0 aromatic heterocycles. The Kier molecular flexibility index (Phi) is 2.62. The summed E-state index contributed by atoms with van der Waals surface area (Å²) in [6.07, 6.45) is 1.51. The predicted molar refractivity (Wildman–Crippen MR) is 75.0 cm³/mol. The monoisotopic (exact) mass is 373 g/mol. The molecule has 2 bridgehead atoms. The van der Waals surface area contributed by atoms with Crippen molar-refractivity contribution in [3.05, 3.63) is 39.9 Å². The molecular weight excluding hydrogens is 361 g/mol. The molecular formula is C13H12INO4. The molecule has 0 radical (unpaired) electrons. The van der Waals surface area contributed by atoms with Crippen LogP contribution in [0.3, 0.4) is 0 Å². The van der Waals surface area contributed by atoms with E-state index < -0.39 is 0 Å². The molecule has 1 saturated heterocycles. The molecule has 5 nitrogen and oxygen atoms in total.